The average Bonchev–Trinajstić information content (AvgIpc) is 2.64. The number of nitrogens with two attached hydrogens (primary N) is 1. The quantitative estimate of drug-likeness (QED) is 0.858. The second-order valence-electron chi connectivity index (χ2n) is 5.54. The summed E-state index contributed by atoms with van der Waals surface area (Å²) in [4.78, 5) is 14.0. The van der Waals surface area contributed by atoms with Gasteiger partial charge in [0.1, 0.15) is 0 Å². The van der Waals surface area contributed by atoms with E-state index in [9.17, 15) is 4.79 Å². The van der Waals surface area contributed by atoms with E-state index in [1.54, 1.807) is 4.90 Å². The third-order valence-corrected chi connectivity index (χ3v) is 3.72. The van der Waals surface area contributed by atoms with Crippen LogP contribution < -0.4 is 5.73 Å². The summed E-state index contributed by atoms with van der Waals surface area (Å²) in [6.07, 6.45) is 3.74. The number of nitrogens with zero attached hydrogens (tertiary/aromatic N) is 2. The van der Waals surface area contributed by atoms with Crippen LogP contribution in [0.5, 0.6) is 0 Å². The molecule has 0 bridgehead atoms. The first-order valence-corrected chi connectivity index (χ1v) is 6.60. The minimum Gasteiger partial charge on any atom is -0.395 e. The standard InChI is InChI=1S/C13H22N4O/c1-8(2)11-10(14)12(16-15-11)13(18)17(3)7-9-5-4-6-9/h8-9H,4-7,14H2,1-3H3,(H,15,16). The third-order valence-electron chi connectivity index (χ3n) is 3.72. The van der Waals surface area contributed by atoms with Crippen molar-refractivity contribution < 1.29 is 4.79 Å². The van der Waals surface area contributed by atoms with E-state index in [4.69, 9.17) is 5.73 Å². The van der Waals surface area contributed by atoms with Crippen molar-refractivity contribution in [2.45, 2.75) is 39.0 Å². The van der Waals surface area contributed by atoms with Crippen molar-refractivity contribution in [1.82, 2.24) is 15.1 Å². The lowest BCUT2D eigenvalue weighted by atomic mass is 9.85. The molecule has 0 unspecified atom stereocenters. The SMILES string of the molecule is CC(C)c1[nH]nc(C(=O)N(C)CC2CCC2)c1N. The molecule has 5 nitrogen and oxygen atoms in total. The van der Waals surface area contributed by atoms with E-state index in [2.05, 4.69) is 10.2 Å². The van der Waals surface area contributed by atoms with Gasteiger partial charge in [-0.3, -0.25) is 9.89 Å². The first kappa shape index (κ1) is 12.9. The highest BCUT2D eigenvalue weighted by atomic mass is 16.2. The van der Waals surface area contributed by atoms with Gasteiger partial charge >= 0.3 is 0 Å². The maximum atomic E-state index is 12.2. The molecule has 0 aliphatic heterocycles. The lowest BCUT2D eigenvalue weighted by Gasteiger charge is -2.29. The maximum absolute atomic E-state index is 12.2. The summed E-state index contributed by atoms with van der Waals surface area (Å²) >= 11 is 0. The fourth-order valence-corrected chi connectivity index (χ4v) is 2.29. The van der Waals surface area contributed by atoms with Crippen molar-refractivity contribution in [3.05, 3.63) is 11.4 Å². The first-order valence-electron chi connectivity index (χ1n) is 6.60. The average molecular weight is 250 g/mol. The number of nitrogen functional groups attached to an aromatic ring is 1. The van der Waals surface area contributed by atoms with Gasteiger partial charge < -0.3 is 10.6 Å². The van der Waals surface area contributed by atoms with E-state index in [0.29, 0.717) is 17.3 Å². The highest BCUT2D eigenvalue weighted by Gasteiger charge is 2.25. The minimum atomic E-state index is -0.0810. The molecule has 0 radical (unpaired) electrons. The smallest absolute Gasteiger partial charge is 0.276 e. The number of aromatic nitrogens is 2. The van der Waals surface area contributed by atoms with Gasteiger partial charge in [0.25, 0.3) is 5.91 Å². The number of carbonyl (C=O) groups is 1. The normalized spacial score (nSPS) is 15.8. The number of aromatic amines is 1. The third kappa shape index (κ3) is 2.35. The number of carbonyl (C=O) groups excluding carboxylic acids is 1. The van der Waals surface area contributed by atoms with Crippen LogP contribution in [0.15, 0.2) is 0 Å². The van der Waals surface area contributed by atoms with Gasteiger partial charge in [-0.1, -0.05) is 20.3 Å². The molecule has 100 valence electrons. The van der Waals surface area contributed by atoms with E-state index < -0.39 is 0 Å². The Morgan fingerprint density at radius 2 is 2.22 bits per heavy atom. The zero-order chi connectivity index (χ0) is 13.3. The van der Waals surface area contributed by atoms with Crippen molar-refractivity contribution in [3.63, 3.8) is 0 Å². The van der Waals surface area contributed by atoms with Gasteiger partial charge in [-0.05, 0) is 24.7 Å². The molecule has 1 heterocycles. The number of nitrogens with one attached hydrogen (secondary N) is 1. The summed E-state index contributed by atoms with van der Waals surface area (Å²) in [5.74, 6) is 0.822. The Bertz CT molecular complexity index is 434. The summed E-state index contributed by atoms with van der Waals surface area (Å²) in [7, 11) is 1.82. The highest BCUT2D eigenvalue weighted by Crippen LogP contribution is 2.28. The molecule has 1 aliphatic carbocycles. The largest absolute Gasteiger partial charge is 0.395 e. The summed E-state index contributed by atoms with van der Waals surface area (Å²) in [5, 5.41) is 6.94. The molecule has 1 aliphatic rings. The Kier molecular flexibility index (Phi) is 3.59. The predicted octanol–water partition coefficient (Wildman–Crippen LogP) is 1.99. The van der Waals surface area contributed by atoms with Gasteiger partial charge in [0.2, 0.25) is 0 Å². The van der Waals surface area contributed by atoms with Crippen molar-refractivity contribution >= 4 is 11.6 Å². The topological polar surface area (TPSA) is 75.0 Å². The molecule has 1 aromatic heterocycles. The Morgan fingerprint density at radius 1 is 1.56 bits per heavy atom. The van der Waals surface area contributed by atoms with Crippen LogP contribution in [0.25, 0.3) is 0 Å². The van der Waals surface area contributed by atoms with E-state index in [1.807, 2.05) is 20.9 Å². The maximum Gasteiger partial charge on any atom is 0.276 e. The number of H-pyrrole nitrogens is 1. The van der Waals surface area contributed by atoms with Gasteiger partial charge in [0.05, 0.1) is 11.4 Å². The Hall–Kier alpha value is -1.52. The summed E-state index contributed by atoms with van der Waals surface area (Å²) in [6, 6.07) is 0. The first-order chi connectivity index (χ1) is 8.50. The molecule has 1 fully saturated rings. The van der Waals surface area contributed by atoms with Crippen LogP contribution in [-0.2, 0) is 0 Å². The molecular formula is C13H22N4O. The molecule has 0 atom stereocenters. The number of anilines is 1. The van der Waals surface area contributed by atoms with E-state index in [1.165, 1.54) is 19.3 Å². The summed E-state index contributed by atoms with van der Waals surface area (Å²) < 4.78 is 0. The van der Waals surface area contributed by atoms with Crippen LogP contribution in [0.3, 0.4) is 0 Å². The van der Waals surface area contributed by atoms with Crippen LogP contribution in [0.1, 0.15) is 55.2 Å². The molecule has 18 heavy (non-hydrogen) atoms. The Morgan fingerprint density at radius 3 is 2.67 bits per heavy atom. The Labute approximate surface area is 108 Å². The van der Waals surface area contributed by atoms with Gasteiger partial charge in [-0.2, -0.15) is 5.10 Å². The van der Waals surface area contributed by atoms with Crippen molar-refractivity contribution in [2.75, 3.05) is 19.3 Å². The molecule has 0 aromatic carbocycles. The lowest BCUT2D eigenvalue weighted by Crippen LogP contribution is -2.34. The second kappa shape index (κ2) is 5.00. The molecule has 0 saturated heterocycles. The van der Waals surface area contributed by atoms with Crippen molar-refractivity contribution in [2.24, 2.45) is 5.92 Å². The highest BCUT2D eigenvalue weighted by molar-refractivity contribution is 5.97. The fraction of sp³-hybridized carbons (Fsp3) is 0.692. The fourth-order valence-electron chi connectivity index (χ4n) is 2.29. The second-order valence-corrected chi connectivity index (χ2v) is 5.54. The monoisotopic (exact) mass is 250 g/mol. The van der Waals surface area contributed by atoms with Gasteiger partial charge in [-0.15, -0.1) is 0 Å². The van der Waals surface area contributed by atoms with Gasteiger partial charge in [0, 0.05) is 13.6 Å². The predicted molar refractivity (Wildman–Crippen MR) is 71.4 cm³/mol. The molecule has 3 N–H and O–H groups in total. The minimum absolute atomic E-state index is 0.0810. The molecule has 1 amide bonds. The lowest BCUT2D eigenvalue weighted by molar-refractivity contribution is 0.0740. The summed E-state index contributed by atoms with van der Waals surface area (Å²) in [6.45, 7) is 4.86. The molecule has 0 spiro atoms. The molecule has 1 aromatic rings. The van der Waals surface area contributed by atoms with E-state index >= 15 is 0 Å². The van der Waals surface area contributed by atoms with Crippen molar-refractivity contribution in [1.29, 1.82) is 0 Å². The molecule has 2 rings (SSSR count). The van der Waals surface area contributed by atoms with Crippen LogP contribution in [0, 0.1) is 5.92 Å². The van der Waals surface area contributed by atoms with Gasteiger partial charge in [0.15, 0.2) is 5.69 Å². The van der Waals surface area contributed by atoms with Crippen LogP contribution in [0.4, 0.5) is 5.69 Å². The van der Waals surface area contributed by atoms with Crippen LogP contribution in [0.2, 0.25) is 0 Å². The van der Waals surface area contributed by atoms with E-state index in [0.717, 1.165) is 12.2 Å². The van der Waals surface area contributed by atoms with Crippen LogP contribution >= 0.6 is 0 Å². The van der Waals surface area contributed by atoms with Gasteiger partial charge in [-0.25, -0.2) is 0 Å². The summed E-state index contributed by atoms with van der Waals surface area (Å²) in [5.41, 5.74) is 7.68. The van der Waals surface area contributed by atoms with Crippen molar-refractivity contribution in [3.8, 4) is 0 Å². The number of rotatable bonds is 4. The zero-order valence-corrected chi connectivity index (χ0v) is 11.4. The number of hydrogen-bond donors (Lipinski definition) is 2. The number of amides is 1. The molecule has 5 heteroatoms. The Balaban J connectivity index is 2.07. The van der Waals surface area contributed by atoms with E-state index in [-0.39, 0.29) is 11.8 Å². The zero-order valence-electron chi connectivity index (χ0n) is 11.4. The molecular weight excluding hydrogens is 228 g/mol. The molecule has 1 saturated carbocycles. The van der Waals surface area contributed by atoms with Crippen LogP contribution in [-0.4, -0.2) is 34.6 Å². The number of hydrogen-bond acceptors (Lipinski definition) is 3.